The third-order valence-corrected chi connectivity index (χ3v) is 6.74. The number of hydrogen-bond acceptors (Lipinski definition) is 8. The molecule has 10 heteroatoms. The molecule has 1 unspecified atom stereocenters. The van der Waals surface area contributed by atoms with Gasteiger partial charge in [0.1, 0.15) is 30.3 Å². The van der Waals surface area contributed by atoms with Crippen LogP contribution in [0.4, 0.5) is 11.5 Å². The molecule has 2 aromatic heterocycles. The zero-order chi connectivity index (χ0) is 26.5. The maximum absolute atomic E-state index is 13.1. The smallest absolute Gasteiger partial charge is 0.263 e. The van der Waals surface area contributed by atoms with Gasteiger partial charge in [0.05, 0.1) is 34.3 Å². The van der Waals surface area contributed by atoms with Crippen molar-refractivity contribution < 1.29 is 19.4 Å². The molecule has 0 spiro atoms. The number of anilines is 2. The number of amides is 1. The first kappa shape index (κ1) is 25.7. The number of pyridine rings is 1. The molecule has 3 heterocycles. The van der Waals surface area contributed by atoms with Gasteiger partial charge >= 0.3 is 0 Å². The molecular formula is C28H28ClN5O4. The van der Waals surface area contributed by atoms with Gasteiger partial charge in [-0.15, -0.1) is 0 Å². The van der Waals surface area contributed by atoms with Gasteiger partial charge in [0, 0.05) is 18.4 Å². The highest BCUT2D eigenvalue weighted by molar-refractivity contribution is 6.32. The van der Waals surface area contributed by atoms with Crippen molar-refractivity contribution in [2.45, 2.75) is 38.5 Å². The van der Waals surface area contributed by atoms with Gasteiger partial charge in [0.2, 0.25) is 0 Å². The number of aliphatic hydroxyl groups excluding tert-OH is 1. The first-order valence-electron chi connectivity index (χ1n) is 12.4. The number of benzene rings is 2. The molecule has 1 fully saturated rings. The van der Waals surface area contributed by atoms with Gasteiger partial charge in [0.15, 0.2) is 6.10 Å². The van der Waals surface area contributed by atoms with Crippen molar-refractivity contribution in [2.24, 2.45) is 0 Å². The number of likely N-dealkylation sites (tertiary alicyclic amines) is 1. The predicted octanol–water partition coefficient (Wildman–Crippen LogP) is 4.75. The summed E-state index contributed by atoms with van der Waals surface area (Å²) in [4.78, 5) is 27.8. The average Bonchev–Trinajstić information content (AvgIpc) is 3.42. The van der Waals surface area contributed by atoms with E-state index in [-0.39, 0.29) is 18.6 Å². The van der Waals surface area contributed by atoms with Crippen LogP contribution >= 0.6 is 11.6 Å². The van der Waals surface area contributed by atoms with Crippen LogP contribution in [0.3, 0.4) is 0 Å². The van der Waals surface area contributed by atoms with E-state index in [4.69, 9.17) is 21.1 Å². The van der Waals surface area contributed by atoms with Crippen LogP contribution in [0, 0.1) is 0 Å². The lowest BCUT2D eigenvalue weighted by atomic mass is 10.2. The summed E-state index contributed by atoms with van der Waals surface area (Å²) in [6.07, 6.45) is 4.10. The van der Waals surface area contributed by atoms with E-state index in [1.807, 2.05) is 36.4 Å². The van der Waals surface area contributed by atoms with Crippen LogP contribution in [0.2, 0.25) is 5.02 Å². The number of halogens is 1. The summed E-state index contributed by atoms with van der Waals surface area (Å²) in [6.45, 7) is 2.59. The molecule has 0 bridgehead atoms. The highest BCUT2D eigenvalue weighted by Gasteiger charge is 2.32. The Morgan fingerprint density at radius 1 is 1.16 bits per heavy atom. The van der Waals surface area contributed by atoms with E-state index in [1.165, 1.54) is 6.33 Å². The number of hydrogen-bond donors (Lipinski definition) is 2. The Hall–Kier alpha value is -3.95. The third-order valence-electron chi connectivity index (χ3n) is 6.44. The zero-order valence-electron chi connectivity index (χ0n) is 20.9. The SMILES string of the molecule is C[C@H](Oc1cccc2ncnc(Nc3ccc(OCc4ccccn4)c(Cl)c3)c12)C(=O)N1CCCC1CO. The molecule has 4 aromatic rings. The van der Waals surface area contributed by atoms with Gasteiger partial charge in [-0.05, 0) is 62.2 Å². The monoisotopic (exact) mass is 533 g/mol. The first-order valence-corrected chi connectivity index (χ1v) is 12.8. The number of aromatic nitrogens is 3. The zero-order valence-corrected chi connectivity index (χ0v) is 21.6. The fourth-order valence-electron chi connectivity index (χ4n) is 4.53. The molecule has 38 heavy (non-hydrogen) atoms. The van der Waals surface area contributed by atoms with Crippen molar-refractivity contribution >= 4 is 39.9 Å². The van der Waals surface area contributed by atoms with Gasteiger partial charge in [-0.2, -0.15) is 0 Å². The van der Waals surface area contributed by atoms with E-state index in [2.05, 4.69) is 20.3 Å². The second kappa shape index (κ2) is 11.6. The average molecular weight is 534 g/mol. The normalized spacial score (nSPS) is 15.9. The predicted molar refractivity (Wildman–Crippen MR) is 145 cm³/mol. The molecular weight excluding hydrogens is 506 g/mol. The number of nitrogens with one attached hydrogen (secondary N) is 1. The van der Waals surface area contributed by atoms with E-state index in [0.29, 0.717) is 52.1 Å². The Bertz CT molecular complexity index is 1420. The fourth-order valence-corrected chi connectivity index (χ4v) is 4.76. The summed E-state index contributed by atoms with van der Waals surface area (Å²) >= 11 is 6.50. The highest BCUT2D eigenvalue weighted by Crippen LogP contribution is 2.34. The standard InChI is InChI=1S/C28H28ClN5O4/c1-18(28(36)34-13-5-7-21(34)15-35)38-25-9-4-8-23-26(25)27(32-17-31-23)33-19-10-11-24(22(29)14-19)37-16-20-6-2-3-12-30-20/h2-4,6,8-12,14,17-18,21,35H,5,7,13,15-16H2,1H3,(H,31,32,33)/t18-,21?/m0/s1. The summed E-state index contributed by atoms with van der Waals surface area (Å²) in [7, 11) is 0. The number of carbonyl (C=O) groups is 1. The Morgan fingerprint density at radius 3 is 2.84 bits per heavy atom. The molecule has 1 aliphatic heterocycles. The number of carbonyl (C=O) groups excluding carboxylic acids is 1. The number of nitrogens with zero attached hydrogens (tertiary/aromatic N) is 4. The van der Waals surface area contributed by atoms with Crippen molar-refractivity contribution in [2.75, 3.05) is 18.5 Å². The van der Waals surface area contributed by atoms with Crippen molar-refractivity contribution in [3.63, 3.8) is 0 Å². The number of rotatable bonds is 9. The minimum absolute atomic E-state index is 0.0514. The minimum Gasteiger partial charge on any atom is -0.486 e. The Kier molecular flexibility index (Phi) is 7.86. The maximum Gasteiger partial charge on any atom is 0.263 e. The van der Waals surface area contributed by atoms with Crippen molar-refractivity contribution in [3.05, 3.63) is 77.8 Å². The van der Waals surface area contributed by atoms with E-state index < -0.39 is 6.10 Å². The Labute approximate surface area is 225 Å². The summed E-state index contributed by atoms with van der Waals surface area (Å²) in [5, 5.41) is 14.0. The number of ether oxygens (including phenoxy) is 2. The largest absolute Gasteiger partial charge is 0.486 e. The Morgan fingerprint density at radius 2 is 2.05 bits per heavy atom. The lowest BCUT2D eigenvalue weighted by Crippen LogP contribution is -2.44. The van der Waals surface area contributed by atoms with Crippen LogP contribution in [0.5, 0.6) is 11.5 Å². The van der Waals surface area contributed by atoms with Crippen molar-refractivity contribution in [3.8, 4) is 11.5 Å². The lowest BCUT2D eigenvalue weighted by molar-refractivity contribution is -0.139. The van der Waals surface area contributed by atoms with Crippen LogP contribution < -0.4 is 14.8 Å². The molecule has 196 valence electrons. The molecule has 1 amide bonds. The van der Waals surface area contributed by atoms with Crippen molar-refractivity contribution in [1.29, 1.82) is 0 Å². The van der Waals surface area contributed by atoms with Crippen LogP contribution in [-0.4, -0.2) is 56.2 Å². The molecule has 2 atom stereocenters. The first-order chi connectivity index (χ1) is 18.5. The maximum atomic E-state index is 13.1. The van der Waals surface area contributed by atoms with Gasteiger partial charge in [0.25, 0.3) is 5.91 Å². The summed E-state index contributed by atoms with van der Waals surface area (Å²) in [6, 6.07) is 16.3. The second-order valence-corrected chi connectivity index (χ2v) is 9.43. The fraction of sp³-hybridized carbons (Fsp3) is 0.286. The van der Waals surface area contributed by atoms with Crippen LogP contribution in [-0.2, 0) is 11.4 Å². The molecule has 0 saturated carbocycles. The van der Waals surface area contributed by atoms with Crippen LogP contribution in [0.15, 0.2) is 67.1 Å². The molecule has 9 nitrogen and oxygen atoms in total. The third kappa shape index (κ3) is 5.64. The molecule has 2 aromatic carbocycles. The van der Waals surface area contributed by atoms with Gasteiger partial charge in [-0.3, -0.25) is 9.78 Å². The molecule has 1 aliphatic rings. The molecule has 0 aliphatic carbocycles. The van der Waals surface area contributed by atoms with Gasteiger partial charge in [-0.1, -0.05) is 23.7 Å². The lowest BCUT2D eigenvalue weighted by Gasteiger charge is -2.26. The highest BCUT2D eigenvalue weighted by atomic mass is 35.5. The number of aliphatic hydroxyl groups is 1. The minimum atomic E-state index is -0.745. The second-order valence-electron chi connectivity index (χ2n) is 9.02. The van der Waals surface area contributed by atoms with Gasteiger partial charge < -0.3 is 24.8 Å². The van der Waals surface area contributed by atoms with Gasteiger partial charge in [-0.25, -0.2) is 9.97 Å². The number of fused-ring (bicyclic) bond motifs is 1. The summed E-state index contributed by atoms with van der Waals surface area (Å²) in [5.41, 5.74) is 2.16. The molecule has 1 saturated heterocycles. The van der Waals surface area contributed by atoms with Crippen molar-refractivity contribution in [1.82, 2.24) is 19.9 Å². The van der Waals surface area contributed by atoms with E-state index in [9.17, 15) is 9.90 Å². The Balaban J connectivity index is 1.35. The molecule has 5 rings (SSSR count). The van der Waals surface area contributed by atoms with E-state index in [1.54, 1.807) is 36.2 Å². The van der Waals surface area contributed by atoms with E-state index >= 15 is 0 Å². The summed E-state index contributed by atoms with van der Waals surface area (Å²) < 4.78 is 12.0. The van der Waals surface area contributed by atoms with Crippen LogP contribution in [0.25, 0.3) is 10.9 Å². The summed E-state index contributed by atoms with van der Waals surface area (Å²) in [5.74, 6) is 1.37. The van der Waals surface area contributed by atoms with E-state index in [0.717, 1.165) is 18.5 Å². The van der Waals surface area contributed by atoms with Crippen LogP contribution in [0.1, 0.15) is 25.5 Å². The molecule has 0 radical (unpaired) electrons. The quantitative estimate of drug-likeness (QED) is 0.317. The molecule has 2 N–H and O–H groups in total. The topological polar surface area (TPSA) is 110 Å².